The topological polar surface area (TPSA) is 35.2 Å². The summed E-state index contributed by atoms with van der Waals surface area (Å²) in [6, 6.07) is 8.48. The van der Waals surface area contributed by atoms with Gasteiger partial charge in [0.05, 0.1) is 6.61 Å². The first-order valence-electron chi connectivity index (χ1n) is 6.09. The number of ether oxygens (including phenoxy) is 1. The molecule has 2 N–H and O–H groups in total. The Morgan fingerprint density at radius 3 is 2.59 bits per heavy atom. The lowest BCUT2D eigenvalue weighted by atomic mass is 10.1. The molecule has 0 heterocycles. The van der Waals surface area contributed by atoms with Crippen molar-refractivity contribution in [2.45, 2.75) is 39.2 Å². The molecule has 1 aromatic rings. The van der Waals surface area contributed by atoms with E-state index in [0.717, 1.165) is 25.0 Å². The van der Waals surface area contributed by atoms with Crippen LogP contribution in [0, 0.1) is 11.8 Å². The van der Waals surface area contributed by atoms with E-state index in [1.54, 1.807) is 0 Å². The molecule has 0 aromatic heterocycles. The molecule has 0 fully saturated rings. The molecule has 1 unspecified atom stereocenters. The van der Waals surface area contributed by atoms with Gasteiger partial charge >= 0.3 is 0 Å². The lowest BCUT2D eigenvalue weighted by molar-refractivity contribution is 0.327. The Hall–Kier alpha value is -1.46. The van der Waals surface area contributed by atoms with Crippen molar-refractivity contribution in [2.75, 3.05) is 6.61 Å². The Labute approximate surface area is 104 Å². The molecule has 0 saturated carbocycles. The van der Waals surface area contributed by atoms with E-state index in [9.17, 15) is 0 Å². The minimum absolute atomic E-state index is 0.263. The second kappa shape index (κ2) is 7.76. The first kappa shape index (κ1) is 13.6. The van der Waals surface area contributed by atoms with E-state index in [1.807, 2.05) is 26.0 Å². The van der Waals surface area contributed by atoms with Crippen LogP contribution in [0.2, 0.25) is 0 Å². The van der Waals surface area contributed by atoms with Crippen molar-refractivity contribution >= 4 is 0 Å². The zero-order valence-corrected chi connectivity index (χ0v) is 10.7. The van der Waals surface area contributed by atoms with Gasteiger partial charge in [0.15, 0.2) is 0 Å². The molecule has 1 rings (SSSR count). The lowest BCUT2D eigenvalue weighted by Gasteiger charge is -2.07. The summed E-state index contributed by atoms with van der Waals surface area (Å²) in [6.45, 7) is 4.53. The van der Waals surface area contributed by atoms with Gasteiger partial charge in [-0.15, -0.1) is 11.8 Å². The molecule has 0 aliphatic heterocycles. The minimum atomic E-state index is 0.263. The van der Waals surface area contributed by atoms with Gasteiger partial charge in [-0.25, -0.2) is 0 Å². The third-order valence-corrected chi connectivity index (χ3v) is 2.48. The highest BCUT2D eigenvalue weighted by Gasteiger charge is 1.98. The summed E-state index contributed by atoms with van der Waals surface area (Å²) in [7, 11) is 0. The summed E-state index contributed by atoms with van der Waals surface area (Å²) in [4.78, 5) is 0. The molecule has 0 amide bonds. The zero-order valence-electron chi connectivity index (χ0n) is 10.7. The number of rotatable bonds is 6. The summed E-state index contributed by atoms with van der Waals surface area (Å²) in [5, 5.41) is 0. The van der Waals surface area contributed by atoms with Gasteiger partial charge in [0.25, 0.3) is 0 Å². The smallest absolute Gasteiger partial charge is 0.119 e. The van der Waals surface area contributed by atoms with Gasteiger partial charge in [-0.2, -0.15) is 0 Å². The van der Waals surface area contributed by atoms with Gasteiger partial charge in [-0.1, -0.05) is 12.1 Å². The van der Waals surface area contributed by atoms with Crippen molar-refractivity contribution in [1.82, 2.24) is 0 Å². The Kier molecular flexibility index (Phi) is 6.21. The van der Waals surface area contributed by atoms with Crippen molar-refractivity contribution in [3.8, 4) is 17.6 Å². The van der Waals surface area contributed by atoms with Gasteiger partial charge in [-0.05, 0) is 44.4 Å². The maximum absolute atomic E-state index is 5.73. The van der Waals surface area contributed by atoms with Crippen LogP contribution in [-0.4, -0.2) is 12.6 Å². The van der Waals surface area contributed by atoms with Gasteiger partial charge in [0, 0.05) is 12.5 Å². The molecular weight excluding hydrogens is 210 g/mol. The normalized spacial score (nSPS) is 11.5. The predicted octanol–water partition coefficient (Wildman–Crippen LogP) is 2.76. The third kappa shape index (κ3) is 5.99. The van der Waals surface area contributed by atoms with Crippen LogP contribution in [0.4, 0.5) is 0 Å². The summed E-state index contributed by atoms with van der Waals surface area (Å²) in [5.41, 5.74) is 7.04. The van der Waals surface area contributed by atoms with E-state index >= 15 is 0 Å². The summed E-state index contributed by atoms with van der Waals surface area (Å²) >= 11 is 0. The van der Waals surface area contributed by atoms with Gasteiger partial charge in [0.2, 0.25) is 0 Å². The van der Waals surface area contributed by atoms with Crippen molar-refractivity contribution in [3.05, 3.63) is 29.8 Å². The standard InChI is InChI=1S/C15H21NO/c1-3-4-5-12-17-15-10-8-14(9-11-15)7-6-13(2)16/h8-11,13H,5-7,12,16H2,1-2H3. The van der Waals surface area contributed by atoms with E-state index in [2.05, 4.69) is 24.0 Å². The van der Waals surface area contributed by atoms with E-state index in [4.69, 9.17) is 10.5 Å². The maximum atomic E-state index is 5.73. The average Bonchev–Trinajstić information content (AvgIpc) is 2.33. The highest BCUT2D eigenvalue weighted by atomic mass is 16.5. The molecular formula is C15H21NO. The monoisotopic (exact) mass is 231 g/mol. The van der Waals surface area contributed by atoms with Gasteiger partial charge in [-0.3, -0.25) is 0 Å². The fourth-order valence-corrected chi connectivity index (χ4v) is 1.49. The first-order chi connectivity index (χ1) is 8.22. The SMILES string of the molecule is CC#CCCOc1ccc(CCC(C)N)cc1. The highest BCUT2D eigenvalue weighted by Crippen LogP contribution is 2.13. The molecule has 2 nitrogen and oxygen atoms in total. The third-order valence-electron chi connectivity index (χ3n) is 2.48. The summed E-state index contributed by atoms with van der Waals surface area (Å²) in [6.07, 6.45) is 2.83. The molecule has 17 heavy (non-hydrogen) atoms. The minimum Gasteiger partial charge on any atom is -0.493 e. The van der Waals surface area contributed by atoms with E-state index in [-0.39, 0.29) is 6.04 Å². The highest BCUT2D eigenvalue weighted by molar-refractivity contribution is 5.27. The predicted molar refractivity (Wildman–Crippen MR) is 72.0 cm³/mol. The Morgan fingerprint density at radius 2 is 2.00 bits per heavy atom. The molecule has 0 radical (unpaired) electrons. The van der Waals surface area contributed by atoms with Gasteiger partial charge < -0.3 is 10.5 Å². The largest absolute Gasteiger partial charge is 0.493 e. The van der Waals surface area contributed by atoms with E-state index in [0.29, 0.717) is 6.61 Å². The quantitative estimate of drug-likeness (QED) is 0.603. The van der Waals surface area contributed by atoms with E-state index in [1.165, 1.54) is 5.56 Å². The Bertz CT molecular complexity index is 370. The number of benzene rings is 1. The van der Waals surface area contributed by atoms with Crippen LogP contribution in [0.15, 0.2) is 24.3 Å². The molecule has 0 saturated heterocycles. The maximum Gasteiger partial charge on any atom is 0.119 e. The average molecular weight is 231 g/mol. The van der Waals surface area contributed by atoms with Crippen molar-refractivity contribution in [1.29, 1.82) is 0 Å². The van der Waals surface area contributed by atoms with Crippen LogP contribution in [-0.2, 0) is 6.42 Å². The summed E-state index contributed by atoms with van der Waals surface area (Å²) in [5.74, 6) is 6.73. The second-order valence-corrected chi connectivity index (χ2v) is 4.19. The lowest BCUT2D eigenvalue weighted by Crippen LogP contribution is -2.15. The Balaban J connectivity index is 2.35. The molecule has 0 aliphatic carbocycles. The molecule has 0 bridgehead atoms. The van der Waals surface area contributed by atoms with E-state index < -0.39 is 0 Å². The van der Waals surface area contributed by atoms with Crippen LogP contribution in [0.25, 0.3) is 0 Å². The zero-order chi connectivity index (χ0) is 12.5. The van der Waals surface area contributed by atoms with Crippen LogP contribution >= 0.6 is 0 Å². The molecule has 0 spiro atoms. The number of nitrogens with two attached hydrogens (primary N) is 1. The fraction of sp³-hybridized carbons (Fsp3) is 0.467. The summed E-state index contributed by atoms with van der Waals surface area (Å²) < 4.78 is 5.56. The molecule has 1 aromatic carbocycles. The van der Waals surface area contributed by atoms with Crippen molar-refractivity contribution in [2.24, 2.45) is 5.73 Å². The van der Waals surface area contributed by atoms with Crippen molar-refractivity contribution < 1.29 is 4.74 Å². The molecule has 92 valence electrons. The molecule has 1 atom stereocenters. The fourth-order valence-electron chi connectivity index (χ4n) is 1.49. The van der Waals surface area contributed by atoms with Crippen molar-refractivity contribution in [3.63, 3.8) is 0 Å². The second-order valence-electron chi connectivity index (χ2n) is 4.19. The van der Waals surface area contributed by atoms with Crippen LogP contribution in [0.1, 0.15) is 32.3 Å². The first-order valence-corrected chi connectivity index (χ1v) is 6.09. The van der Waals surface area contributed by atoms with Crippen LogP contribution in [0.5, 0.6) is 5.75 Å². The molecule has 0 aliphatic rings. The Morgan fingerprint density at radius 1 is 1.29 bits per heavy atom. The molecule has 2 heteroatoms. The number of hydrogen-bond acceptors (Lipinski definition) is 2. The number of aryl methyl sites for hydroxylation is 1. The van der Waals surface area contributed by atoms with Gasteiger partial charge in [0.1, 0.15) is 5.75 Å². The number of hydrogen-bond donors (Lipinski definition) is 1. The van der Waals surface area contributed by atoms with Crippen LogP contribution < -0.4 is 10.5 Å². The van der Waals surface area contributed by atoms with Crippen LogP contribution in [0.3, 0.4) is 0 Å².